The second kappa shape index (κ2) is 7.67. The maximum absolute atomic E-state index is 13.2. The third-order valence-electron chi connectivity index (χ3n) is 5.45. The van der Waals surface area contributed by atoms with Gasteiger partial charge in [0.2, 0.25) is 0 Å². The fourth-order valence-corrected chi connectivity index (χ4v) is 3.88. The van der Waals surface area contributed by atoms with Gasteiger partial charge in [-0.2, -0.15) is 0 Å². The van der Waals surface area contributed by atoms with Crippen LogP contribution in [0.3, 0.4) is 0 Å². The molecule has 1 fully saturated rings. The Bertz CT molecular complexity index is 1430. The van der Waals surface area contributed by atoms with E-state index in [9.17, 15) is 14.4 Å². The molecule has 2 heterocycles. The van der Waals surface area contributed by atoms with Gasteiger partial charge in [0.05, 0.1) is 5.69 Å². The highest BCUT2D eigenvalue weighted by molar-refractivity contribution is 6.39. The molecule has 32 heavy (non-hydrogen) atoms. The van der Waals surface area contributed by atoms with E-state index in [1.165, 1.54) is 6.08 Å². The Morgan fingerprint density at radius 3 is 2.41 bits per heavy atom. The van der Waals surface area contributed by atoms with Crippen LogP contribution in [-0.2, 0) is 9.59 Å². The lowest BCUT2D eigenvalue weighted by Gasteiger charge is -2.26. The smallest absolute Gasteiger partial charge is 0.317 e. The third-order valence-corrected chi connectivity index (χ3v) is 5.45. The topological polar surface area (TPSA) is 71.4 Å². The first-order chi connectivity index (χ1) is 15.5. The summed E-state index contributed by atoms with van der Waals surface area (Å²) in [6.07, 6.45) is 3.38. The molecule has 6 nitrogen and oxygen atoms in total. The number of amides is 4. The van der Waals surface area contributed by atoms with Gasteiger partial charge in [-0.15, -0.1) is 0 Å². The lowest BCUT2D eigenvalue weighted by atomic mass is 10.1. The van der Waals surface area contributed by atoms with E-state index < -0.39 is 17.8 Å². The van der Waals surface area contributed by atoms with E-state index in [1.54, 1.807) is 18.2 Å². The summed E-state index contributed by atoms with van der Waals surface area (Å²) in [7, 11) is 0. The van der Waals surface area contributed by atoms with Crippen LogP contribution in [0.5, 0.6) is 0 Å². The second-order valence-corrected chi connectivity index (χ2v) is 7.63. The Hall–Kier alpha value is -4.45. The third kappa shape index (κ3) is 3.37. The van der Waals surface area contributed by atoms with Crippen molar-refractivity contribution in [1.29, 1.82) is 0 Å². The van der Waals surface area contributed by atoms with Crippen molar-refractivity contribution in [2.24, 2.45) is 0 Å². The first-order valence-corrected chi connectivity index (χ1v) is 10.2. The van der Waals surface area contributed by atoms with Gasteiger partial charge in [-0.25, -0.2) is 9.69 Å². The zero-order chi connectivity index (χ0) is 22.2. The quantitative estimate of drug-likeness (QED) is 0.388. The predicted molar refractivity (Wildman–Crippen MR) is 123 cm³/mol. The predicted octanol–water partition coefficient (Wildman–Crippen LogP) is 4.61. The van der Waals surface area contributed by atoms with Gasteiger partial charge < -0.3 is 4.57 Å². The largest absolute Gasteiger partial charge is 0.335 e. The highest BCUT2D eigenvalue weighted by Gasteiger charge is 2.37. The molecule has 1 saturated heterocycles. The van der Waals surface area contributed by atoms with Crippen molar-refractivity contribution in [1.82, 2.24) is 9.88 Å². The standard InChI is InChI=1S/C26H19N3O3/c1-17-6-4-9-22(14-17)29-25(31)23(24(30)27-26(29)32)16-20-10-5-13-28(20)21-12-11-18-7-2-3-8-19(18)15-21/h2-16H,1H3,(H,27,30,32)/b23-16-. The van der Waals surface area contributed by atoms with Gasteiger partial charge in [0, 0.05) is 17.6 Å². The Labute approximate surface area is 184 Å². The van der Waals surface area contributed by atoms with Crippen LogP contribution in [0, 0.1) is 6.92 Å². The summed E-state index contributed by atoms with van der Waals surface area (Å²) in [5.41, 5.74) is 2.76. The number of imide groups is 2. The molecule has 0 radical (unpaired) electrons. The summed E-state index contributed by atoms with van der Waals surface area (Å²) < 4.78 is 1.90. The number of benzene rings is 3. The Morgan fingerprint density at radius 1 is 0.781 bits per heavy atom. The van der Waals surface area contributed by atoms with E-state index in [4.69, 9.17) is 0 Å². The summed E-state index contributed by atoms with van der Waals surface area (Å²) in [5.74, 6) is -1.37. The molecule has 0 unspecified atom stereocenters. The number of aromatic nitrogens is 1. The van der Waals surface area contributed by atoms with Crippen LogP contribution >= 0.6 is 0 Å². The van der Waals surface area contributed by atoms with Gasteiger partial charge in [-0.05, 0) is 65.7 Å². The second-order valence-electron chi connectivity index (χ2n) is 7.63. The summed E-state index contributed by atoms with van der Waals surface area (Å²) in [6.45, 7) is 1.87. The SMILES string of the molecule is Cc1cccc(N2C(=O)NC(=O)/C(=C/c3cccn3-c3ccc4ccccc4c3)C2=O)c1. The van der Waals surface area contributed by atoms with E-state index >= 15 is 0 Å². The number of aryl methyl sites for hydroxylation is 1. The van der Waals surface area contributed by atoms with Gasteiger partial charge in [0.25, 0.3) is 11.8 Å². The monoisotopic (exact) mass is 421 g/mol. The molecular formula is C26H19N3O3. The number of hydrogen-bond acceptors (Lipinski definition) is 3. The number of nitrogens with one attached hydrogen (secondary N) is 1. The van der Waals surface area contributed by atoms with Crippen molar-refractivity contribution in [2.45, 2.75) is 6.92 Å². The van der Waals surface area contributed by atoms with Crippen molar-refractivity contribution < 1.29 is 14.4 Å². The lowest BCUT2D eigenvalue weighted by molar-refractivity contribution is -0.122. The molecule has 0 saturated carbocycles. The number of rotatable bonds is 3. The maximum atomic E-state index is 13.2. The molecule has 4 amide bonds. The highest BCUT2D eigenvalue weighted by atomic mass is 16.2. The molecule has 0 atom stereocenters. The number of barbiturate groups is 1. The maximum Gasteiger partial charge on any atom is 0.335 e. The molecule has 5 rings (SSSR count). The number of carbonyl (C=O) groups is 3. The fraction of sp³-hybridized carbons (Fsp3) is 0.0385. The van der Waals surface area contributed by atoms with E-state index in [-0.39, 0.29) is 5.57 Å². The van der Waals surface area contributed by atoms with Crippen molar-refractivity contribution in [3.63, 3.8) is 0 Å². The molecule has 0 bridgehead atoms. The molecule has 0 aliphatic carbocycles. The molecular weight excluding hydrogens is 402 g/mol. The van der Waals surface area contributed by atoms with Gasteiger partial charge >= 0.3 is 6.03 Å². The van der Waals surface area contributed by atoms with Crippen LogP contribution in [0.1, 0.15) is 11.3 Å². The van der Waals surface area contributed by atoms with Gasteiger partial charge in [-0.3, -0.25) is 14.9 Å². The molecule has 6 heteroatoms. The van der Waals surface area contributed by atoms with Crippen LogP contribution in [0.2, 0.25) is 0 Å². The van der Waals surface area contributed by atoms with Gasteiger partial charge in [0.15, 0.2) is 0 Å². The van der Waals surface area contributed by atoms with Crippen molar-refractivity contribution >= 4 is 40.4 Å². The van der Waals surface area contributed by atoms with Crippen molar-refractivity contribution in [2.75, 3.05) is 4.90 Å². The number of fused-ring (bicyclic) bond motifs is 1. The lowest BCUT2D eigenvalue weighted by Crippen LogP contribution is -2.54. The molecule has 1 aliphatic heterocycles. The molecule has 156 valence electrons. The zero-order valence-corrected chi connectivity index (χ0v) is 17.3. The van der Waals surface area contributed by atoms with Crippen molar-refractivity contribution in [3.8, 4) is 5.69 Å². The minimum absolute atomic E-state index is 0.105. The van der Waals surface area contributed by atoms with E-state index in [0.717, 1.165) is 26.9 Å². The highest BCUT2D eigenvalue weighted by Crippen LogP contribution is 2.25. The first-order valence-electron chi connectivity index (χ1n) is 10.2. The van der Waals surface area contributed by atoms with Gasteiger partial charge in [-0.1, -0.05) is 42.5 Å². The normalized spacial score (nSPS) is 15.5. The average Bonchev–Trinajstić information content (AvgIpc) is 3.24. The Kier molecular flexibility index (Phi) is 4.67. The van der Waals surface area contributed by atoms with E-state index in [0.29, 0.717) is 11.4 Å². The van der Waals surface area contributed by atoms with Crippen LogP contribution in [0.4, 0.5) is 10.5 Å². The number of hydrogen-bond donors (Lipinski definition) is 1. The minimum Gasteiger partial charge on any atom is -0.317 e. The van der Waals surface area contributed by atoms with Crippen LogP contribution in [-0.4, -0.2) is 22.4 Å². The number of anilines is 1. The molecule has 0 spiro atoms. The number of urea groups is 1. The molecule has 3 aromatic carbocycles. The molecule has 1 aliphatic rings. The molecule has 1 N–H and O–H groups in total. The number of carbonyl (C=O) groups excluding carboxylic acids is 3. The summed E-state index contributed by atoms with van der Waals surface area (Å²) >= 11 is 0. The van der Waals surface area contributed by atoms with Crippen LogP contribution in [0.15, 0.2) is 90.6 Å². The Morgan fingerprint density at radius 2 is 1.59 bits per heavy atom. The fourth-order valence-electron chi connectivity index (χ4n) is 3.88. The average molecular weight is 421 g/mol. The van der Waals surface area contributed by atoms with E-state index in [2.05, 4.69) is 5.32 Å². The summed E-state index contributed by atoms with van der Waals surface area (Å²) in [5, 5.41) is 4.48. The zero-order valence-electron chi connectivity index (χ0n) is 17.3. The molecule has 4 aromatic rings. The van der Waals surface area contributed by atoms with Gasteiger partial charge in [0.1, 0.15) is 5.57 Å². The summed E-state index contributed by atoms with van der Waals surface area (Å²) in [4.78, 5) is 39.1. The number of nitrogens with zero attached hydrogens (tertiary/aromatic N) is 2. The summed E-state index contributed by atoms with van der Waals surface area (Å²) in [6, 6.07) is 24.0. The van der Waals surface area contributed by atoms with Crippen LogP contribution in [0.25, 0.3) is 22.5 Å². The molecule has 1 aromatic heterocycles. The first kappa shape index (κ1) is 19.5. The minimum atomic E-state index is -0.757. The van der Waals surface area contributed by atoms with Crippen molar-refractivity contribution in [3.05, 3.63) is 102 Å². The van der Waals surface area contributed by atoms with Crippen LogP contribution < -0.4 is 10.2 Å². The van der Waals surface area contributed by atoms with E-state index in [1.807, 2.05) is 78.4 Å². The Balaban J connectivity index is 1.56.